The number of nitrogens with one attached hydrogen (secondary N) is 1. The van der Waals surface area contributed by atoms with E-state index in [1.165, 1.54) is 13.3 Å². The van der Waals surface area contributed by atoms with Gasteiger partial charge in [0.2, 0.25) is 0 Å². The topological polar surface area (TPSA) is 104 Å². The lowest BCUT2D eigenvalue weighted by atomic mass is 10.2. The zero-order valence-electron chi connectivity index (χ0n) is 13.5. The highest BCUT2D eigenvalue weighted by molar-refractivity contribution is 5.93. The maximum atomic E-state index is 12.1. The van der Waals surface area contributed by atoms with Gasteiger partial charge >= 0.3 is 0 Å². The van der Waals surface area contributed by atoms with Gasteiger partial charge in [0.25, 0.3) is 11.8 Å². The second-order valence-corrected chi connectivity index (χ2v) is 5.11. The molecule has 2 rings (SSSR count). The van der Waals surface area contributed by atoms with Crippen molar-refractivity contribution in [2.24, 2.45) is 5.73 Å². The van der Waals surface area contributed by atoms with Crippen LogP contribution in [0.25, 0.3) is 0 Å². The fourth-order valence-electron chi connectivity index (χ4n) is 1.98. The SMILES string of the molecule is COc1cc(CNC(=O)c2ccc(C)nc2)ccc1OCC(N)=O. The number of methoxy groups -OCH3 is 1. The molecule has 0 aliphatic heterocycles. The lowest BCUT2D eigenvalue weighted by Crippen LogP contribution is -2.23. The van der Waals surface area contributed by atoms with Crippen molar-refractivity contribution in [1.29, 1.82) is 0 Å². The fraction of sp³-hybridized carbons (Fsp3) is 0.235. The highest BCUT2D eigenvalue weighted by atomic mass is 16.5. The number of hydrogen-bond donors (Lipinski definition) is 2. The van der Waals surface area contributed by atoms with Crippen LogP contribution in [0.3, 0.4) is 0 Å². The van der Waals surface area contributed by atoms with Gasteiger partial charge in [-0.3, -0.25) is 14.6 Å². The average molecular weight is 329 g/mol. The molecule has 0 spiro atoms. The molecule has 0 fully saturated rings. The molecule has 126 valence electrons. The van der Waals surface area contributed by atoms with Crippen LogP contribution in [0.2, 0.25) is 0 Å². The molecule has 1 aromatic heterocycles. The van der Waals surface area contributed by atoms with Crippen molar-refractivity contribution >= 4 is 11.8 Å². The quantitative estimate of drug-likeness (QED) is 0.794. The molecule has 0 atom stereocenters. The van der Waals surface area contributed by atoms with Crippen molar-refractivity contribution in [3.63, 3.8) is 0 Å². The number of primary amides is 1. The largest absolute Gasteiger partial charge is 0.493 e. The number of amides is 2. The predicted molar refractivity (Wildman–Crippen MR) is 87.8 cm³/mol. The maximum absolute atomic E-state index is 12.1. The van der Waals surface area contributed by atoms with Gasteiger partial charge in [0, 0.05) is 18.4 Å². The minimum Gasteiger partial charge on any atom is -0.493 e. The van der Waals surface area contributed by atoms with E-state index in [0.29, 0.717) is 23.6 Å². The van der Waals surface area contributed by atoms with Gasteiger partial charge in [0.1, 0.15) is 0 Å². The van der Waals surface area contributed by atoms with E-state index in [4.69, 9.17) is 15.2 Å². The minimum atomic E-state index is -0.569. The van der Waals surface area contributed by atoms with Gasteiger partial charge in [-0.05, 0) is 36.8 Å². The van der Waals surface area contributed by atoms with E-state index < -0.39 is 5.91 Å². The van der Waals surface area contributed by atoms with E-state index in [1.807, 2.05) is 6.92 Å². The summed E-state index contributed by atoms with van der Waals surface area (Å²) in [5, 5.41) is 2.81. The number of rotatable bonds is 7. The van der Waals surface area contributed by atoms with Crippen molar-refractivity contribution in [3.05, 3.63) is 53.3 Å². The number of carbonyl (C=O) groups is 2. The van der Waals surface area contributed by atoms with E-state index in [0.717, 1.165) is 11.3 Å². The Hall–Kier alpha value is -3.09. The highest BCUT2D eigenvalue weighted by Gasteiger charge is 2.09. The van der Waals surface area contributed by atoms with Crippen molar-refractivity contribution in [3.8, 4) is 11.5 Å². The summed E-state index contributed by atoms with van der Waals surface area (Å²) in [6.07, 6.45) is 1.53. The summed E-state index contributed by atoms with van der Waals surface area (Å²) in [5.41, 5.74) is 7.22. The lowest BCUT2D eigenvalue weighted by Gasteiger charge is -2.12. The van der Waals surface area contributed by atoms with Gasteiger partial charge < -0.3 is 20.5 Å². The molecule has 2 amide bonds. The molecule has 0 saturated heterocycles. The number of pyridine rings is 1. The summed E-state index contributed by atoms with van der Waals surface area (Å²) in [5.74, 6) is 0.0877. The van der Waals surface area contributed by atoms with Crippen molar-refractivity contribution < 1.29 is 19.1 Å². The first-order valence-electron chi connectivity index (χ1n) is 7.28. The third kappa shape index (κ3) is 4.70. The molecule has 7 nitrogen and oxygen atoms in total. The molecule has 7 heteroatoms. The van der Waals surface area contributed by atoms with E-state index in [-0.39, 0.29) is 12.5 Å². The molecule has 3 N–H and O–H groups in total. The number of nitrogens with zero attached hydrogens (tertiary/aromatic N) is 1. The van der Waals surface area contributed by atoms with Gasteiger partial charge in [-0.15, -0.1) is 0 Å². The molecule has 1 heterocycles. The average Bonchev–Trinajstić information content (AvgIpc) is 2.58. The van der Waals surface area contributed by atoms with E-state index >= 15 is 0 Å². The van der Waals surface area contributed by atoms with Crippen LogP contribution in [0.5, 0.6) is 11.5 Å². The smallest absolute Gasteiger partial charge is 0.255 e. The fourth-order valence-corrected chi connectivity index (χ4v) is 1.98. The summed E-state index contributed by atoms with van der Waals surface area (Å²) < 4.78 is 10.5. The first-order valence-corrected chi connectivity index (χ1v) is 7.28. The highest BCUT2D eigenvalue weighted by Crippen LogP contribution is 2.28. The molecule has 0 bridgehead atoms. The van der Waals surface area contributed by atoms with Crippen LogP contribution in [-0.4, -0.2) is 30.5 Å². The molecule has 24 heavy (non-hydrogen) atoms. The number of hydrogen-bond acceptors (Lipinski definition) is 5. The predicted octanol–water partition coefficient (Wildman–Crippen LogP) is 1.19. The van der Waals surface area contributed by atoms with Gasteiger partial charge in [0.05, 0.1) is 12.7 Å². The normalized spacial score (nSPS) is 10.1. The monoisotopic (exact) mass is 329 g/mol. The maximum Gasteiger partial charge on any atom is 0.255 e. The van der Waals surface area contributed by atoms with Crippen molar-refractivity contribution in [2.45, 2.75) is 13.5 Å². The molecule has 1 aromatic carbocycles. The van der Waals surface area contributed by atoms with Crippen LogP contribution in [0.15, 0.2) is 36.5 Å². The minimum absolute atomic E-state index is 0.212. The Morgan fingerprint density at radius 3 is 2.62 bits per heavy atom. The van der Waals surface area contributed by atoms with Crippen molar-refractivity contribution in [2.75, 3.05) is 13.7 Å². The third-order valence-electron chi connectivity index (χ3n) is 3.22. The van der Waals surface area contributed by atoms with Gasteiger partial charge in [-0.25, -0.2) is 0 Å². The second-order valence-electron chi connectivity index (χ2n) is 5.11. The molecule has 0 radical (unpaired) electrons. The van der Waals surface area contributed by atoms with Crippen LogP contribution >= 0.6 is 0 Å². The number of nitrogens with two attached hydrogens (primary N) is 1. The van der Waals surface area contributed by atoms with Gasteiger partial charge in [-0.2, -0.15) is 0 Å². The Labute approximate surface area is 139 Å². The number of benzene rings is 1. The van der Waals surface area contributed by atoms with Crippen LogP contribution in [0.4, 0.5) is 0 Å². The third-order valence-corrected chi connectivity index (χ3v) is 3.22. The second kappa shape index (κ2) is 7.96. The van der Waals surface area contributed by atoms with Crippen molar-refractivity contribution in [1.82, 2.24) is 10.3 Å². The molecule has 2 aromatic rings. The molecular formula is C17H19N3O4. The zero-order chi connectivity index (χ0) is 17.5. The van der Waals surface area contributed by atoms with Crippen LogP contribution in [0, 0.1) is 6.92 Å². The standard InChI is InChI=1S/C17H19N3O4/c1-11-3-5-13(9-19-11)17(22)20-8-12-4-6-14(15(7-12)23-2)24-10-16(18)21/h3-7,9H,8,10H2,1-2H3,(H2,18,21)(H,20,22). The molecular weight excluding hydrogens is 310 g/mol. The first-order chi connectivity index (χ1) is 11.5. The zero-order valence-corrected chi connectivity index (χ0v) is 13.5. The van der Waals surface area contributed by atoms with Crippen LogP contribution < -0.4 is 20.5 Å². The van der Waals surface area contributed by atoms with Crippen LogP contribution in [0.1, 0.15) is 21.6 Å². The Balaban J connectivity index is 2.00. The molecule has 0 aliphatic rings. The number of aromatic nitrogens is 1. The lowest BCUT2D eigenvalue weighted by molar-refractivity contribution is -0.119. The number of ether oxygens (including phenoxy) is 2. The molecule has 0 aliphatic carbocycles. The number of carbonyl (C=O) groups excluding carboxylic acids is 2. The molecule has 0 unspecified atom stereocenters. The van der Waals surface area contributed by atoms with Gasteiger partial charge in [0.15, 0.2) is 18.1 Å². The summed E-state index contributed by atoms with van der Waals surface area (Å²) >= 11 is 0. The summed E-state index contributed by atoms with van der Waals surface area (Å²) in [4.78, 5) is 26.9. The Kier molecular flexibility index (Phi) is 5.73. The van der Waals surface area contributed by atoms with E-state index in [2.05, 4.69) is 10.3 Å². The van der Waals surface area contributed by atoms with E-state index in [9.17, 15) is 9.59 Å². The summed E-state index contributed by atoms with van der Waals surface area (Å²) in [7, 11) is 1.49. The first kappa shape index (κ1) is 17.3. The van der Waals surface area contributed by atoms with E-state index in [1.54, 1.807) is 30.3 Å². The Morgan fingerprint density at radius 2 is 2.00 bits per heavy atom. The van der Waals surface area contributed by atoms with Crippen LogP contribution in [-0.2, 0) is 11.3 Å². The van der Waals surface area contributed by atoms with Gasteiger partial charge in [-0.1, -0.05) is 6.07 Å². The Morgan fingerprint density at radius 1 is 1.21 bits per heavy atom. The Bertz CT molecular complexity index is 729. The summed E-state index contributed by atoms with van der Waals surface area (Å²) in [6, 6.07) is 8.66. The molecule has 0 saturated carbocycles. The number of aryl methyl sites for hydroxylation is 1. The summed E-state index contributed by atoms with van der Waals surface area (Å²) in [6.45, 7) is 1.95.